The molecule has 0 saturated carbocycles. The van der Waals surface area contributed by atoms with Crippen LogP contribution in [0.4, 0.5) is 0 Å². The minimum atomic E-state index is 0.651. The van der Waals surface area contributed by atoms with Crippen molar-refractivity contribution in [3.05, 3.63) is 176 Å². The standard InChI is InChI=1S/C45H29N3S/c1-4-12-30(13-5-1)31-22-24-32(25-23-31)33-26-28-36(29-27-33)44-46-43(35-16-8-3-9-17-35)47-45(48-44)39-20-10-19-38-41-37(34-14-6-2-7-15-34)18-11-21-40(41)49-42(38)39/h1-29H. The second-order valence-electron chi connectivity index (χ2n) is 12.0. The first-order valence-corrected chi connectivity index (χ1v) is 17.2. The second kappa shape index (κ2) is 12.4. The van der Waals surface area contributed by atoms with Crippen LogP contribution in [0.2, 0.25) is 0 Å². The lowest BCUT2D eigenvalue weighted by molar-refractivity contribution is 1.08. The van der Waals surface area contributed by atoms with Crippen molar-refractivity contribution in [1.82, 2.24) is 15.0 Å². The molecular weight excluding hydrogens is 615 g/mol. The van der Waals surface area contributed by atoms with Gasteiger partial charge in [0.15, 0.2) is 17.5 Å². The second-order valence-corrected chi connectivity index (χ2v) is 13.1. The summed E-state index contributed by atoms with van der Waals surface area (Å²) in [5, 5.41) is 2.48. The van der Waals surface area contributed by atoms with Gasteiger partial charge in [0.05, 0.1) is 0 Å². The predicted octanol–water partition coefficient (Wildman–Crippen LogP) is 12.2. The molecule has 2 heterocycles. The number of rotatable bonds is 6. The summed E-state index contributed by atoms with van der Waals surface area (Å²) in [5.74, 6) is 1.98. The lowest BCUT2D eigenvalue weighted by Crippen LogP contribution is -2.00. The van der Waals surface area contributed by atoms with Crippen LogP contribution in [-0.4, -0.2) is 15.0 Å². The Bertz CT molecular complexity index is 2560. The van der Waals surface area contributed by atoms with Crippen LogP contribution < -0.4 is 0 Å². The maximum atomic E-state index is 5.13. The van der Waals surface area contributed by atoms with Gasteiger partial charge in [-0.05, 0) is 45.5 Å². The van der Waals surface area contributed by atoms with Crippen LogP contribution in [0.1, 0.15) is 0 Å². The molecule has 49 heavy (non-hydrogen) atoms. The Morgan fingerprint density at radius 3 is 1.33 bits per heavy atom. The van der Waals surface area contributed by atoms with Crippen molar-refractivity contribution in [3.63, 3.8) is 0 Å². The zero-order valence-electron chi connectivity index (χ0n) is 26.5. The van der Waals surface area contributed by atoms with E-state index in [2.05, 4.69) is 152 Å². The normalized spacial score (nSPS) is 11.3. The Balaban J connectivity index is 1.14. The SMILES string of the molecule is c1ccc(-c2ccc(-c3ccc(-c4nc(-c5ccccc5)nc(-c5cccc6c5sc5cccc(-c7ccccc7)c56)n4)cc3)cc2)cc1. The highest BCUT2D eigenvalue weighted by Gasteiger charge is 2.18. The van der Waals surface area contributed by atoms with Crippen molar-refractivity contribution in [2.45, 2.75) is 0 Å². The molecule has 0 amide bonds. The third kappa shape index (κ3) is 5.48. The molecule has 0 aliphatic heterocycles. The van der Waals surface area contributed by atoms with Crippen molar-refractivity contribution in [1.29, 1.82) is 0 Å². The van der Waals surface area contributed by atoms with E-state index in [4.69, 9.17) is 15.0 Å². The van der Waals surface area contributed by atoms with Crippen molar-refractivity contribution in [2.75, 3.05) is 0 Å². The van der Waals surface area contributed by atoms with Gasteiger partial charge in [0.25, 0.3) is 0 Å². The number of thiophene rings is 1. The topological polar surface area (TPSA) is 38.7 Å². The highest BCUT2D eigenvalue weighted by atomic mass is 32.1. The molecule has 230 valence electrons. The molecule has 0 saturated heterocycles. The summed E-state index contributed by atoms with van der Waals surface area (Å²) >= 11 is 1.79. The average molecular weight is 644 g/mol. The van der Waals surface area contributed by atoms with Crippen LogP contribution >= 0.6 is 11.3 Å². The van der Waals surface area contributed by atoms with Gasteiger partial charge in [0, 0.05) is 36.9 Å². The Hall–Kier alpha value is -6.23. The van der Waals surface area contributed by atoms with Crippen LogP contribution in [-0.2, 0) is 0 Å². The lowest BCUT2D eigenvalue weighted by atomic mass is 9.99. The zero-order valence-corrected chi connectivity index (χ0v) is 27.3. The van der Waals surface area contributed by atoms with E-state index in [9.17, 15) is 0 Å². The van der Waals surface area contributed by atoms with Crippen LogP contribution in [0.15, 0.2) is 176 Å². The highest BCUT2D eigenvalue weighted by molar-refractivity contribution is 7.26. The van der Waals surface area contributed by atoms with Crippen LogP contribution in [0.5, 0.6) is 0 Å². The maximum absolute atomic E-state index is 5.13. The molecule has 0 N–H and O–H groups in total. The molecule has 0 fully saturated rings. The van der Waals surface area contributed by atoms with E-state index >= 15 is 0 Å². The summed E-state index contributed by atoms with van der Waals surface area (Å²) < 4.78 is 2.42. The molecule has 9 aromatic rings. The summed E-state index contributed by atoms with van der Waals surface area (Å²) in [4.78, 5) is 15.2. The fourth-order valence-electron chi connectivity index (χ4n) is 6.52. The summed E-state index contributed by atoms with van der Waals surface area (Å²) in [7, 11) is 0. The van der Waals surface area contributed by atoms with Crippen LogP contribution in [0, 0.1) is 0 Å². The fourth-order valence-corrected chi connectivity index (χ4v) is 7.76. The van der Waals surface area contributed by atoms with Gasteiger partial charge in [-0.25, -0.2) is 15.0 Å². The van der Waals surface area contributed by atoms with Crippen LogP contribution in [0.3, 0.4) is 0 Å². The largest absolute Gasteiger partial charge is 0.208 e. The molecule has 3 nitrogen and oxygen atoms in total. The quantitative estimate of drug-likeness (QED) is 0.181. The van der Waals surface area contributed by atoms with E-state index in [1.807, 2.05) is 24.3 Å². The van der Waals surface area contributed by atoms with Crippen molar-refractivity contribution < 1.29 is 0 Å². The predicted molar refractivity (Wildman–Crippen MR) is 205 cm³/mol. The number of hydrogen-bond donors (Lipinski definition) is 0. The Kier molecular flexibility index (Phi) is 7.34. The van der Waals surface area contributed by atoms with Gasteiger partial charge in [-0.3, -0.25) is 0 Å². The first-order valence-electron chi connectivity index (χ1n) is 16.4. The maximum Gasteiger partial charge on any atom is 0.165 e. The Labute approximate surface area is 288 Å². The van der Waals surface area contributed by atoms with E-state index in [1.165, 1.54) is 48.0 Å². The molecule has 0 aliphatic rings. The van der Waals surface area contributed by atoms with Gasteiger partial charge in [-0.15, -0.1) is 11.3 Å². The fraction of sp³-hybridized carbons (Fsp3) is 0. The molecule has 0 bridgehead atoms. The number of benzene rings is 7. The van der Waals surface area contributed by atoms with Gasteiger partial charge >= 0.3 is 0 Å². The van der Waals surface area contributed by atoms with Crippen molar-refractivity contribution in [2.24, 2.45) is 0 Å². The van der Waals surface area contributed by atoms with Crippen molar-refractivity contribution >= 4 is 31.5 Å². The summed E-state index contributed by atoms with van der Waals surface area (Å²) in [6.07, 6.45) is 0. The molecule has 0 unspecified atom stereocenters. The first kappa shape index (κ1) is 29.0. The monoisotopic (exact) mass is 643 g/mol. The van der Waals surface area contributed by atoms with Gasteiger partial charge < -0.3 is 0 Å². The minimum absolute atomic E-state index is 0.651. The van der Waals surface area contributed by atoms with Gasteiger partial charge in [0.1, 0.15) is 0 Å². The van der Waals surface area contributed by atoms with E-state index in [1.54, 1.807) is 11.3 Å². The smallest absolute Gasteiger partial charge is 0.165 e. The van der Waals surface area contributed by atoms with Gasteiger partial charge in [-0.2, -0.15) is 0 Å². The minimum Gasteiger partial charge on any atom is -0.208 e. The molecule has 0 radical (unpaired) electrons. The van der Waals surface area contributed by atoms with E-state index < -0.39 is 0 Å². The molecule has 7 aromatic carbocycles. The lowest BCUT2D eigenvalue weighted by Gasteiger charge is -2.10. The Morgan fingerprint density at radius 1 is 0.306 bits per heavy atom. The van der Waals surface area contributed by atoms with E-state index in [-0.39, 0.29) is 0 Å². The summed E-state index contributed by atoms with van der Waals surface area (Å²) in [5.41, 5.74) is 10.1. The summed E-state index contributed by atoms with van der Waals surface area (Å²) in [6, 6.07) is 61.5. The van der Waals surface area contributed by atoms with Crippen LogP contribution in [0.25, 0.3) is 87.7 Å². The molecule has 9 rings (SSSR count). The zero-order chi connectivity index (χ0) is 32.6. The van der Waals surface area contributed by atoms with Gasteiger partial charge in [0.2, 0.25) is 0 Å². The number of aromatic nitrogens is 3. The van der Waals surface area contributed by atoms with Crippen molar-refractivity contribution in [3.8, 4) is 67.5 Å². The summed E-state index contributed by atoms with van der Waals surface area (Å²) in [6.45, 7) is 0. The highest BCUT2D eigenvalue weighted by Crippen LogP contribution is 2.43. The molecule has 0 atom stereocenters. The molecule has 4 heteroatoms. The third-order valence-corrected chi connectivity index (χ3v) is 10.2. The number of hydrogen-bond acceptors (Lipinski definition) is 4. The van der Waals surface area contributed by atoms with E-state index in [0.29, 0.717) is 17.5 Å². The molecule has 0 aliphatic carbocycles. The molecule has 2 aromatic heterocycles. The molecule has 0 spiro atoms. The van der Waals surface area contributed by atoms with E-state index in [0.717, 1.165) is 22.3 Å². The molecular formula is C45H29N3S. The first-order chi connectivity index (χ1) is 24.3. The number of nitrogens with zero attached hydrogens (tertiary/aromatic N) is 3. The number of fused-ring (bicyclic) bond motifs is 3. The average Bonchev–Trinajstić information content (AvgIpc) is 3.58. The Morgan fingerprint density at radius 2 is 0.735 bits per heavy atom. The van der Waals surface area contributed by atoms with Gasteiger partial charge in [-0.1, -0.05) is 164 Å². The third-order valence-electron chi connectivity index (χ3n) is 8.98.